The second kappa shape index (κ2) is 5.00. The summed E-state index contributed by atoms with van der Waals surface area (Å²) < 4.78 is 30.5. The molecule has 1 saturated heterocycles. The van der Waals surface area contributed by atoms with Crippen LogP contribution in [0, 0.1) is 0 Å². The van der Waals surface area contributed by atoms with E-state index in [4.69, 9.17) is 4.74 Å². The first-order chi connectivity index (χ1) is 9.43. The van der Waals surface area contributed by atoms with Crippen LogP contribution >= 0.6 is 15.9 Å². The highest BCUT2D eigenvalue weighted by molar-refractivity contribution is 9.10. The number of sulfone groups is 1. The Morgan fingerprint density at radius 2 is 2.05 bits per heavy atom. The summed E-state index contributed by atoms with van der Waals surface area (Å²) in [6, 6.07) is 6.26. The summed E-state index contributed by atoms with van der Waals surface area (Å²) in [5.41, 5.74) is 0.807. The Balaban J connectivity index is 1.94. The van der Waals surface area contributed by atoms with Crippen LogP contribution in [0.1, 0.15) is 30.9 Å². The minimum atomic E-state index is -2.88. The zero-order valence-corrected chi connectivity index (χ0v) is 13.8. The van der Waals surface area contributed by atoms with Crippen molar-refractivity contribution in [2.24, 2.45) is 0 Å². The lowest BCUT2D eigenvalue weighted by Gasteiger charge is -2.44. The van der Waals surface area contributed by atoms with E-state index in [-0.39, 0.29) is 23.1 Å². The molecule has 1 atom stereocenters. The molecule has 1 N–H and O–H groups in total. The first kappa shape index (κ1) is 14.4. The van der Waals surface area contributed by atoms with Gasteiger partial charge in [-0.1, -0.05) is 22.0 Å². The quantitative estimate of drug-likeness (QED) is 0.836. The molecule has 1 unspecified atom stereocenters. The van der Waals surface area contributed by atoms with E-state index in [9.17, 15) is 8.42 Å². The fraction of sp³-hybridized carbons (Fsp3) is 0.571. The summed E-state index contributed by atoms with van der Waals surface area (Å²) in [6.07, 6.45) is 1.99. The van der Waals surface area contributed by atoms with Gasteiger partial charge in [-0.2, -0.15) is 0 Å². The molecule has 1 aromatic rings. The summed E-state index contributed by atoms with van der Waals surface area (Å²) >= 11 is 3.47. The summed E-state index contributed by atoms with van der Waals surface area (Å²) in [6.45, 7) is 0. The van der Waals surface area contributed by atoms with Gasteiger partial charge < -0.3 is 10.1 Å². The van der Waals surface area contributed by atoms with Gasteiger partial charge in [-0.3, -0.25) is 0 Å². The Labute approximate surface area is 127 Å². The molecule has 0 bridgehead atoms. The van der Waals surface area contributed by atoms with Crippen molar-refractivity contribution in [2.75, 3.05) is 18.6 Å². The predicted octanol–water partition coefficient (Wildman–Crippen LogP) is 2.44. The molecule has 0 saturated carbocycles. The maximum absolute atomic E-state index is 11.6. The van der Waals surface area contributed by atoms with Crippen LogP contribution in [-0.2, 0) is 9.84 Å². The standard InChI is InChI=1S/C14H18BrNO3S/c1-16-12-9-14(4-6-20(17,18)7-5-14)19-13-8-10(15)2-3-11(12)13/h2-3,8,12,16H,4-7,9H2,1H3. The van der Waals surface area contributed by atoms with Crippen LogP contribution < -0.4 is 10.1 Å². The Hall–Kier alpha value is -0.590. The molecule has 4 nitrogen and oxygen atoms in total. The molecule has 2 heterocycles. The topological polar surface area (TPSA) is 55.4 Å². The number of halogens is 1. The number of benzene rings is 1. The Kier molecular flexibility index (Phi) is 3.59. The van der Waals surface area contributed by atoms with Crippen LogP contribution in [0.2, 0.25) is 0 Å². The predicted molar refractivity (Wildman–Crippen MR) is 81.8 cm³/mol. The summed E-state index contributed by atoms with van der Waals surface area (Å²) in [4.78, 5) is 0. The third-order valence-electron chi connectivity index (χ3n) is 4.34. The molecule has 110 valence electrons. The molecular weight excluding hydrogens is 342 g/mol. The van der Waals surface area contributed by atoms with Crippen molar-refractivity contribution < 1.29 is 13.2 Å². The van der Waals surface area contributed by atoms with Gasteiger partial charge in [0.1, 0.15) is 11.4 Å². The van der Waals surface area contributed by atoms with Gasteiger partial charge in [0.15, 0.2) is 9.84 Å². The lowest BCUT2D eigenvalue weighted by Crippen LogP contribution is -2.48. The summed E-state index contributed by atoms with van der Waals surface area (Å²) in [5, 5.41) is 3.33. The van der Waals surface area contributed by atoms with E-state index in [0.717, 1.165) is 22.2 Å². The lowest BCUT2D eigenvalue weighted by atomic mass is 9.83. The smallest absolute Gasteiger partial charge is 0.150 e. The molecule has 2 aliphatic rings. The van der Waals surface area contributed by atoms with Crippen LogP contribution in [0.4, 0.5) is 0 Å². The van der Waals surface area contributed by atoms with Crippen LogP contribution in [0.5, 0.6) is 5.75 Å². The molecule has 0 aromatic heterocycles. The van der Waals surface area contributed by atoms with E-state index in [0.29, 0.717) is 12.8 Å². The third kappa shape index (κ3) is 2.61. The zero-order valence-electron chi connectivity index (χ0n) is 11.4. The second-order valence-corrected chi connectivity index (χ2v) is 8.88. The van der Waals surface area contributed by atoms with Gasteiger partial charge in [-0.15, -0.1) is 0 Å². The third-order valence-corrected chi connectivity index (χ3v) is 6.48. The largest absolute Gasteiger partial charge is 0.487 e. The minimum absolute atomic E-state index is 0.215. The molecule has 1 spiro atoms. The number of hydrogen-bond donors (Lipinski definition) is 1. The zero-order chi connectivity index (χ0) is 14.4. The molecule has 1 fully saturated rings. The second-order valence-electron chi connectivity index (χ2n) is 5.66. The van der Waals surface area contributed by atoms with Crippen molar-refractivity contribution >= 4 is 25.8 Å². The minimum Gasteiger partial charge on any atom is -0.487 e. The maximum atomic E-state index is 11.6. The van der Waals surface area contributed by atoms with Crippen LogP contribution in [0.25, 0.3) is 0 Å². The van der Waals surface area contributed by atoms with E-state index in [1.807, 2.05) is 19.2 Å². The van der Waals surface area contributed by atoms with Crippen molar-refractivity contribution in [3.63, 3.8) is 0 Å². The molecule has 20 heavy (non-hydrogen) atoms. The van der Waals surface area contributed by atoms with Gasteiger partial charge in [0.05, 0.1) is 11.5 Å². The summed E-state index contributed by atoms with van der Waals surface area (Å²) in [5.74, 6) is 1.32. The maximum Gasteiger partial charge on any atom is 0.150 e. The van der Waals surface area contributed by atoms with Gasteiger partial charge in [-0.25, -0.2) is 8.42 Å². The molecule has 0 amide bonds. The fourth-order valence-corrected chi connectivity index (χ4v) is 5.03. The van der Waals surface area contributed by atoms with Crippen molar-refractivity contribution in [1.82, 2.24) is 5.32 Å². The molecular formula is C14H18BrNO3S. The Bertz CT molecular complexity index is 615. The van der Waals surface area contributed by atoms with Gasteiger partial charge in [0.2, 0.25) is 0 Å². The highest BCUT2D eigenvalue weighted by Crippen LogP contribution is 2.45. The molecule has 0 radical (unpaired) electrons. The Morgan fingerprint density at radius 3 is 2.70 bits per heavy atom. The van der Waals surface area contributed by atoms with E-state index in [1.54, 1.807) is 0 Å². The average molecular weight is 360 g/mol. The molecule has 1 aromatic carbocycles. The van der Waals surface area contributed by atoms with E-state index in [1.165, 1.54) is 0 Å². The van der Waals surface area contributed by atoms with Gasteiger partial charge in [0.25, 0.3) is 0 Å². The molecule has 6 heteroatoms. The summed E-state index contributed by atoms with van der Waals surface area (Å²) in [7, 11) is -0.938. The number of ether oxygens (including phenoxy) is 1. The average Bonchev–Trinajstić information content (AvgIpc) is 2.41. The first-order valence-corrected chi connectivity index (χ1v) is 9.41. The van der Waals surface area contributed by atoms with Gasteiger partial charge >= 0.3 is 0 Å². The lowest BCUT2D eigenvalue weighted by molar-refractivity contribution is 0.0220. The van der Waals surface area contributed by atoms with Crippen molar-refractivity contribution in [3.8, 4) is 5.75 Å². The van der Waals surface area contributed by atoms with E-state index >= 15 is 0 Å². The van der Waals surface area contributed by atoms with Gasteiger partial charge in [0, 0.05) is 35.3 Å². The van der Waals surface area contributed by atoms with Crippen LogP contribution in [0.15, 0.2) is 22.7 Å². The Morgan fingerprint density at radius 1 is 1.35 bits per heavy atom. The van der Waals surface area contributed by atoms with Crippen LogP contribution in [-0.4, -0.2) is 32.6 Å². The highest BCUT2D eigenvalue weighted by Gasteiger charge is 2.44. The fourth-order valence-electron chi connectivity index (χ4n) is 3.12. The van der Waals surface area contributed by atoms with E-state index < -0.39 is 9.84 Å². The highest BCUT2D eigenvalue weighted by atomic mass is 79.9. The monoisotopic (exact) mass is 359 g/mol. The van der Waals surface area contributed by atoms with E-state index in [2.05, 4.69) is 27.3 Å². The number of nitrogens with one attached hydrogen (secondary N) is 1. The van der Waals surface area contributed by atoms with Crippen LogP contribution in [0.3, 0.4) is 0 Å². The number of rotatable bonds is 1. The van der Waals surface area contributed by atoms with Crippen molar-refractivity contribution in [1.29, 1.82) is 0 Å². The first-order valence-electron chi connectivity index (χ1n) is 6.79. The molecule has 0 aliphatic carbocycles. The number of fused-ring (bicyclic) bond motifs is 1. The van der Waals surface area contributed by atoms with Crippen molar-refractivity contribution in [2.45, 2.75) is 30.9 Å². The van der Waals surface area contributed by atoms with Gasteiger partial charge in [-0.05, 0) is 19.2 Å². The SMILES string of the molecule is CNC1CC2(CCS(=O)(=O)CC2)Oc2cc(Br)ccc21. The molecule has 2 aliphatic heterocycles. The normalized spacial score (nSPS) is 26.8. The number of hydrogen-bond acceptors (Lipinski definition) is 4. The van der Waals surface area contributed by atoms with Crippen molar-refractivity contribution in [3.05, 3.63) is 28.2 Å². The molecule has 3 rings (SSSR count).